The molecule has 13 heteroatoms. The number of aromatic nitrogens is 2. The lowest BCUT2D eigenvalue weighted by Crippen LogP contribution is -2.35. The third-order valence-corrected chi connectivity index (χ3v) is 6.63. The van der Waals surface area contributed by atoms with Crippen molar-refractivity contribution in [3.05, 3.63) is 91.8 Å². The van der Waals surface area contributed by atoms with Crippen molar-refractivity contribution in [3.63, 3.8) is 0 Å². The van der Waals surface area contributed by atoms with Crippen molar-refractivity contribution in [1.29, 1.82) is 5.26 Å². The molecule has 3 aromatic carbocycles. The molecule has 2 amide bonds. The monoisotopic (exact) mass is 561 g/mol. The van der Waals surface area contributed by atoms with E-state index in [9.17, 15) is 32.4 Å². The number of amides is 2. The highest BCUT2D eigenvalue weighted by atomic mass is 35.5. The standard InChI is InChI=1S/C25H13Cl2F4N5O2/c1-36-22-19-18(21(34-24(22)38)15-8-13(26)2-3-16(15)27)17(6-11(9-32)20(19)35-36)33-23(37)10-4-12(25(29,30)31)7-14(28)5-10/h2-8,21H,1H3,(H,33,37)(H,34,38). The summed E-state index contributed by atoms with van der Waals surface area (Å²) in [6.45, 7) is 0. The van der Waals surface area contributed by atoms with Gasteiger partial charge < -0.3 is 10.6 Å². The second-order valence-corrected chi connectivity index (χ2v) is 9.29. The van der Waals surface area contributed by atoms with Gasteiger partial charge in [0.05, 0.1) is 17.2 Å². The molecule has 0 saturated heterocycles. The van der Waals surface area contributed by atoms with Crippen LogP contribution in [0, 0.1) is 17.1 Å². The van der Waals surface area contributed by atoms with E-state index in [1.807, 2.05) is 6.07 Å². The molecule has 2 heterocycles. The van der Waals surface area contributed by atoms with Crippen LogP contribution in [0.2, 0.25) is 10.0 Å². The number of benzene rings is 3. The van der Waals surface area contributed by atoms with Gasteiger partial charge in [-0.2, -0.15) is 23.5 Å². The van der Waals surface area contributed by atoms with Gasteiger partial charge in [-0.1, -0.05) is 23.2 Å². The SMILES string of the molecule is Cn1nc2c(C#N)cc(NC(=O)c3cc(F)cc(C(F)(F)F)c3)c3c2c1C(=O)NC3c1cc(Cl)ccc1Cl. The first-order valence-corrected chi connectivity index (χ1v) is 11.5. The van der Waals surface area contributed by atoms with Crippen molar-refractivity contribution in [2.24, 2.45) is 7.05 Å². The number of nitriles is 1. The summed E-state index contributed by atoms with van der Waals surface area (Å²) in [5, 5.41) is 20.1. The summed E-state index contributed by atoms with van der Waals surface area (Å²) in [4.78, 5) is 26.2. The number of aryl methyl sites for hydroxylation is 1. The Bertz CT molecular complexity index is 1730. The van der Waals surface area contributed by atoms with Crippen molar-refractivity contribution in [1.82, 2.24) is 15.1 Å². The van der Waals surface area contributed by atoms with Crippen LogP contribution in [-0.4, -0.2) is 21.6 Å². The first kappa shape index (κ1) is 25.5. The molecule has 0 saturated carbocycles. The lowest BCUT2D eigenvalue weighted by Gasteiger charge is -2.28. The third-order valence-electron chi connectivity index (χ3n) is 6.05. The van der Waals surface area contributed by atoms with Crippen LogP contribution in [0.25, 0.3) is 10.9 Å². The summed E-state index contributed by atoms with van der Waals surface area (Å²) < 4.78 is 54.9. The molecule has 0 aliphatic carbocycles. The summed E-state index contributed by atoms with van der Waals surface area (Å²) in [5.41, 5.74) is -1.10. The van der Waals surface area contributed by atoms with Gasteiger partial charge in [0.15, 0.2) is 0 Å². The molecule has 5 rings (SSSR count). The maximum atomic E-state index is 14.0. The van der Waals surface area contributed by atoms with E-state index in [4.69, 9.17) is 23.2 Å². The van der Waals surface area contributed by atoms with Gasteiger partial charge in [0, 0.05) is 39.3 Å². The zero-order valence-corrected chi connectivity index (χ0v) is 20.6. The van der Waals surface area contributed by atoms with Crippen molar-refractivity contribution >= 4 is 51.6 Å². The number of nitrogens with zero attached hydrogens (tertiary/aromatic N) is 3. The Balaban J connectivity index is 1.74. The van der Waals surface area contributed by atoms with E-state index in [0.29, 0.717) is 22.7 Å². The second kappa shape index (κ2) is 9.01. The Morgan fingerprint density at radius 1 is 1.18 bits per heavy atom. The van der Waals surface area contributed by atoms with Crippen LogP contribution in [0.1, 0.15) is 49.1 Å². The molecule has 1 unspecified atom stereocenters. The number of halogens is 6. The number of hydrogen-bond donors (Lipinski definition) is 2. The molecule has 1 aliphatic rings. The number of rotatable bonds is 3. The molecule has 1 atom stereocenters. The van der Waals surface area contributed by atoms with E-state index in [1.165, 1.54) is 36.0 Å². The van der Waals surface area contributed by atoms with Crippen LogP contribution in [0.15, 0.2) is 42.5 Å². The largest absolute Gasteiger partial charge is 0.416 e. The Hall–Kier alpha value is -4.14. The molecular formula is C25H13Cl2F4N5O2. The number of hydrogen-bond acceptors (Lipinski definition) is 4. The molecule has 38 heavy (non-hydrogen) atoms. The second-order valence-electron chi connectivity index (χ2n) is 8.45. The molecule has 4 aromatic rings. The minimum atomic E-state index is -4.89. The van der Waals surface area contributed by atoms with Gasteiger partial charge in [-0.15, -0.1) is 0 Å². The fraction of sp³-hybridized carbons (Fsp3) is 0.120. The Labute approximate surface area is 221 Å². The number of carbonyl (C=O) groups excluding carboxylic acids is 2. The number of alkyl halides is 3. The molecule has 7 nitrogen and oxygen atoms in total. The van der Waals surface area contributed by atoms with Gasteiger partial charge in [0.2, 0.25) is 0 Å². The molecule has 192 valence electrons. The van der Waals surface area contributed by atoms with Crippen LogP contribution < -0.4 is 10.6 Å². The highest BCUT2D eigenvalue weighted by Crippen LogP contribution is 2.43. The molecular weight excluding hydrogens is 549 g/mol. The maximum Gasteiger partial charge on any atom is 0.416 e. The summed E-state index contributed by atoms with van der Waals surface area (Å²) in [5.74, 6) is -2.88. The zero-order chi connectivity index (χ0) is 27.5. The van der Waals surface area contributed by atoms with E-state index in [2.05, 4.69) is 15.7 Å². The Morgan fingerprint density at radius 2 is 1.92 bits per heavy atom. The number of carbonyl (C=O) groups is 2. The maximum absolute atomic E-state index is 14.0. The van der Waals surface area contributed by atoms with Crippen molar-refractivity contribution < 1.29 is 27.2 Å². The topological polar surface area (TPSA) is 99.8 Å². The average Bonchev–Trinajstić information content (AvgIpc) is 3.20. The molecule has 1 aromatic heterocycles. The van der Waals surface area contributed by atoms with E-state index in [0.717, 1.165) is 0 Å². The summed E-state index contributed by atoms with van der Waals surface area (Å²) >= 11 is 12.6. The predicted molar refractivity (Wildman–Crippen MR) is 131 cm³/mol. The average molecular weight is 562 g/mol. The first-order valence-electron chi connectivity index (χ1n) is 10.8. The Kier molecular flexibility index (Phi) is 6.04. The van der Waals surface area contributed by atoms with Gasteiger partial charge in [0.1, 0.15) is 23.1 Å². The fourth-order valence-electron chi connectivity index (χ4n) is 4.46. The van der Waals surface area contributed by atoms with Crippen molar-refractivity contribution in [2.75, 3.05) is 5.32 Å². The minimum absolute atomic E-state index is 0.0123. The Morgan fingerprint density at radius 3 is 2.61 bits per heavy atom. The predicted octanol–water partition coefficient (Wildman–Crippen LogP) is 5.99. The molecule has 0 spiro atoms. The van der Waals surface area contributed by atoms with Crippen LogP contribution >= 0.6 is 23.2 Å². The number of nitrogens with one attached hydrogen (secondary N) is 2. The van der Waals surface area contributed by atoms with Crippen molar-refractivity contribution in [3.8, 4) is 6.07 Å². The van der Waals surface area contributed by atoms with E-state index in [1.54, 1.807) is 0 Å². The van der Waals surface area contributed by atoms with Crippen LogP contribution in [0.5, 0.6) is 0 Å². The third kappa shape index (κ3) is 4.21. The van der Waals surface area contributed by atoms with Gasteiger partial charge in [-0.25, -0.2) is 4.39 Å². The molecule has 2 N–H and O–H groups in total. The lowest BCUT2D eigenvalue weighted by molar-refractivity contribution is -0.137. The summed E-state index contributed by atoms with van der Waals surface area (Å²) in [7, 11) is 1.50. The van der Waals surface area contributed by atoms with Gasteiger partial charge in [0.25, 0.3) is 11.8 Å². The molecule has 0 radical (unpaired) electrons. The molecule has 1 aliphatic heterocycles. The quantitative estimate of drug-likeness (QED) is 0.300. The normalized spacial score (nSPS) is 14.8. The highest BCUT2D eigenvalue weighted by molar-refractivity contribution is 6.33. The summed E-state index contributed by atoms with van der Waals surface area (Å²) in [6.07, 6.45) is -4.89. The van der Waals surface area contributed by atoms with Crippen LogP contribution in [-0.2, 0) is 13.2 Å². The minimum Gasteiger partial charge on any atom is -0.340 e. The van der Waals surface area contributed by atoms with E-state index < -0.39 is 41.0 Å². The van der Waals surface area contributed by atoms with Crippen LogP contribution in [0.4, 0.5) is 23.2 Å². The fourth-order valence-corrected chi connectivity index (χ4v) is 4.87. The van der Waals surface area contributed by atoms with E-state index in [-0.39, 0.29) is 44.5 Å². The van der Waals surface area contributed by atoms with Crippen LogP contribution in [0.3, 0.4) is 0 Å². The smallest absolute Gasteiger partial charge is 0.340 e. The highest BCUT2D eigenvalue weighted by Gasteiger charge is 2.36. The van der Waals surface area contributed by atoms with Crippen molar-refractivity contribution in [2.45, 2.75) is 12.2 Å². The van der Waals surface area contributed by atoms with E-state index >= 15 is 0 Å². The lowest BCUT2D eigenvalue weighted by atomic mass is 9.88. The van der Waals surface area contributed by atoms with Gasteiger partial charge >= 0.3 is 6.18 Å². The zero-order valence-electron chi connectivity index (χ0n) is 19.0. The first-order chi connectivity index (χ1) is 17.9. The van der Waals surface area contributed by atoms with Gasteiger partial charge in [-0.05, 0) is 48.0 Å². The van der Waals surface area contributed by atoms with Gasteiger partial charge in [-0.3, -0.25) is 14.3 Å². The molecule has 0 fully saturated rings. The molecule has 0 bridgehead atoms. The summed E-state index contributed by atoms with van der Waals surface area (Å²) in [6, 6.07) is 8.23. The number of anilines is 1.